The zero-order valence-electron chi connectivity index (χ0n) is 17.4. The van der Waals surface area contributed by atoms with Crippen molar-refractivity contribution in [1.29, 1.82) is 0 Å². The largest absolute Gasteiger partial charge is 0.497 e. The molecule has 1 atom stereocenters. The molecule has 1 aliphatic heterocycles. The predicted octanol–water partition coefficient (Wildman–Crippen LogP) is 2.28. The molecule has 1 N–H and O–H groups in total. The highest BCUT2D eigenvalue weighted by Gasteiger charge is 2.35. The lowest BCUT2D eigenvalue weighted by Crippen LogP contribution is -2.45. The van der Waals surface area contributed by atoms with Gasteiger partial charge in [-0.3, -0.25) is 14.7 Å². The number of ether oxygens (including phenoxy) is 1. The average molecular weight is 406 g/mol. The Bertz CT molecular complexity index is 1000. The van der Waals surface area contributed by atoms with Crippen LogP contribution in [0.4, 0.5) is 0 Å². The van der Waals surface area contributed by atoms with Crippen LogP contribution in [0.5, 0.6) is 5.75 Å². The maximum Gasteiger partial charge on any atom is 0.243 e. The summed E-state index contributed by atoms with van der Waals surface area (Å²) in [5, 5.41) is 3.13. The molecule has 7 nitrogen and oxygen atoms in total. The lowest BCUT2D eigenvalue weighted by Gasteiger charge is -2.35. The van der Waals surface area contributed by atoms with E-state index in [1.54, 1.807) is 19.6 Å². The molecule has 0 spiro atoms. The number of hydrogen-bond donors (Lipinski definition) is 1. The first-order valence-corrected chi connectivity index (χ1v) is 10.2. The topological polar surface area (TPSA) is 72.3 Å². The molecule has 156 valence electrons. The first-order chi connectivity index (χ1) is 14.7. The molecule has 0 radical (unpaired) electrons. The fourth-order valence-electron chi connectivity index (χ4n) is 4.02. The number of imidazole rings is 1. The molecule has 1 amide bonds. The zero-order valence-corrected chi connectivity index (χ0v) is 17.4. The highest BCUT2D eigenvalue weighted by molar-refractivity contribution is 5.83. The highest BCUT2D eigenvalue weighted by Crippen LogP contribution is 2.30. The number of nitrogens with one attached hydrogen (secondary N) is 1. The van der Waals surface area contributed by atoms with Gasteiger partial charge in [-0.2, -0.15) is 0 Å². The van der Waals surface area contributed by atoms with Gasteiger partial charge in [-0.05, 0) is 35.7 Å². The molecule has 0 bridgehead atoms. The van der Waals surface area contributed by atoms with E-state index in [9.17, 15) is 4.79 Å². The third kappa shape index (κ3) is 4.36. The molecule has 0 fully saturated rings. The second-order valence-corrected chi connectivity index (χ2v) is 7.56. The summed E-state index contributed by atoms with van der Waals surface area (Å²) in [7, 11) is 3.61. The van der Waals surface area contributed by atoms with E-state index in [-0.39, 0.29) is 11.9 Å². The number of aromatic nitrogens is 3. The van der Waals surface area contributed by atoms with Crippen molar-refractivity contribution in [2.24, 2.45) is 7.05 Å². The van der Waals surface area contributed by atoms with Crippen LogP contribution >= 0.6 is 0 Å². The normalized spacial score (nSPS) is 16.1. The van der Waals surface area contributed by atoms with Gasteiger partial charge in [0.05, 0.1) is 24.8 Å². The van der Waals surface area contributed by atoms with Gasteiger partial charge in [0, 0.05) is 45.5 Å². The summed E-state index contributed by atoms with van der Waals surface area (Å²) in [5.74, 6) is 0.833. The number of benzene rings is 1. The Balaban J connectivity index is 1.48. The van der Waals surface area contributed by atoms with Crippen LogP contribution in [0.3, 0.4) is 0 Å². The molecule has 7 heteroatoms. The van der Waals surface area contributed by atoms with E-state index in [2.05, 4.69) is 20.2 Å². The number of aryl methyl sites for hydroxylation is 1. The van der Waals surface area contributed by atoms with Gasteiger partial charge in [0.15, 0.2) is 0 Å². The quantitative estimate of drug-likeness (QED) is 0.653. The lowest BCUT2D eigenvalue weighted by molar-refractivity contribution is -0.127. The van der Waals surface area contributed by atoms with Gasteiger partial charge < -0.3 is 14.6 Å². The van der Waals surface area contributed by atoms with E-state index in [0.717, 1.165) is 47.7 Å². The van der Waals surface area contributed by atoms with Crippen molar-refractivity contribution < 1.29 is 9.53 Å². The summed E-state index contributed by atoms with van der Waals surface area (Å²) in [5.41, 5.74) is 4.21. The summed E-state index contributed by atoms with van der Waals surface area (Å²) in [6.07, 6.45) is 7.01. The number of carbonyl (C=O) groups excluding carboxylic acids is 1. The molecule has 0 aliphatic carbocycles. The Morgan fingerprint density at radius 2 is 2.13 bits per heavy atom. The molecule has 1 aliphatic rings. The number of carbonyl (C=O) groups is 1. The van der Waals surface area contributed by atoms with Crippen LogP contribution in [-0.4, -0.2) is 45.5 Å². The Hall–Kier alpha value is -3.19. The fraction of sp³-hybridized carbons (Fsp3) is 0.348. The third-order valence-corrected chi connectivity index (χ3v) is 5.53. The van der Waals surface area contributed by atoms with E-state index < -0.39 is 0 Å². The SMILES string of the molecule is COc1cccc(CCNC(=O)C2c3c(ncn3C)CCN2Cc2cccnc2)c1. The number of pyridine rings is 1. The van der Waals surface area contributed by atoms with Gasteiger partial charge in [0.2, 0.25) is 5.91 Å². The highest BCUT2D eigenvalue weighted by atomic mass is 16.5. The minimum Gasteiger partial charge on any atom is -0.497 e. The second-order valence-electron chi connectivity index (χ2n) is 7.56. The van der Waals surface area contributed by atoms with E-state index in [0.29, 0.717) is 13.1 Å². The van der Waals surface area contributed by atoms with Gasteiger partial charge in [0.25, 0.3) is 0 Å². The first kappa shape index (κ1) is 20.1. The standard InChI is InChI=1S/C23H27N5O2/c1-27-16-26-20-9-12-28(15-18-6-4-10-24-14-18)22(21(20)27)23(29)25-11-8-17-5-3-7-19(13-17)30-2/h3-7,10,13-14,16,22H,8-9,11-12,15H2,1-2H3,(H,25,29). The van der Waals surface area contributed by atoms with Gasteiger partial charge in [0.1, 0.15) is 11.8 Å². The second kappa shape index (κ2) is 9.09. The van der Waals surface area contributed by atoms with Crippen LogP contribution in [0.1, 0.15) is 28.6 Å². The molecule has 3 heterocycles. The number of amides is 1. The molecule has 2 aromatic heterocycles. The first-order valence-electron chi connectivity index (χ1n) is 10.2. The van der Waals surface area contributed by atoms with Crippen molar-refractivity contribution >= 4 is 5.91 Å². The van der Waals surface area contributed by atoms with Crippen LogP contribution in [-0.2, 0) is 31.2 Å². The molecule has 30 heavy (non-hydrogen) atoms. The predicted molar refractivity (Wildman–Crippen MR) is 114 cm³/mol. The van der Waals surface area contributed by atoms with Crippen molar-refractivity contribution in [2.75, 3.05) is 20.2 Å². The Kier molecular flexibility index (Phi) is 6.09. The summed E-state index contributed by atoms with van der Waals surface area (Å²) in [6.45, 7) is 2.02. The number of rotatable bonds is 7. The van der Waals surface area contributed by atoms with E-state index in [4.69, 9.17) is 4.74 Å². The third-order valence-electron chi connectivity index (χ3n) is 5.53. The lowest BCUT2D eigenvalue weighted by atomic mass is 10.0. The van der Waals surface area contributed by atoms with Crippen LogP contribution < -0.4 is 10.1 Å². The molecule has 1 unspecified atom stereocenters. The Labute approximate surface area is 176 Å². The molecule has 3 aromatic rings. The molecule has 1 aromatic carbocycles. The van der Waals surface area contributed by atoms with Crippen molar-refractivity contribution in [1.82, 2.24) is 24.8 Å². The van der Waals surface area contributed by atoms with Crippen molar-refractivity contribution in [3.05, 3.63) is 77.6 Å². The Morgan fingerprint density at radius 1 is 1.27 bits per heavy atom. The van der Waals surface area contributed by atoms with Crippen molar-refractivity contribution in [2.45, 2.75) is 25.4 Å². The minimum atomic E-state index is -0.369. The van der Waals surface area contributed by atoms with E-state index in [1.165, 1.54) is 0 Å². The molecular formula is C23H27N5O2. The van der Waals surface area contributed by atoms with Gasteiger partial charge in [-0.25, -0.2) is 4.98 Å². The monoisotopic (exact) mass is 405 g/mol. The van der Waals surface area contributed by atoms with Crippen molar-refractivity contribution in [3.8, 4) is 5.75 Å². The van der Waals surface area contributed by atoms with Crippen LogP contribution in [0.15, 0.2) is 55.1 Å². The Morgan fingerprint density at radius 3 is 2.93 bits per heavy atom. The number of nitrogens with zero attached hydrogens (tertiary/aromatic N) is 4. The van der Waals surface area contributed by atoms with Crippen LogP contribution in [0.25, 0.3) is 0 Å². The molecule has 0 saturated heterocycles. The number of methoxy groups -OCH3 is 1. The van der Waals surface area contributed by atoms with E-state index in [1.807, 2.05) is 54.2 Å². The maximum absolute atomic E-state index is 13.3. The fourth-order valence-corrected chi connectivity index (χ4v) is 4.02. The van der Waals surface area contributed by atoms with Gasteiger partial charge in [-0.15, -0.1) is 0 Å². The minimum absolute atomic E-state index is 0.00587. The summed E-state index contributed by atoms with van der Waals surface area (Å²) >= 11 is 0. The van der Waals surface area contributed by atoms with Crippen molar-refractivity contribution in [3.63, 3.8) is 0 Å². The zero-order chi connectivity index (χ0) is 20.9. The van der Waals surface area contributed by atoms with Gasteiger partial charge >= 0.3 is 0 Å². The summed E-state index contributed by atoms with van der Waals surface area (Å²) in [4.78, 5) is 24.2. The summed E-state index contributed by atoms with van der Waals surface area (Å²) in [6, 6.07) is 11.5. The summed E-state index contributed by atoms with van der Waals surface area (Å²) < 4.78 is 7.25. The van der Waals surface area contributed by atoms with E-state index >= 15 is 0 Å². The number of fused-ring (bicyclic) bond motifs is 1. The van der Waals surface area contributed by atoms with Gasteiger partial charge in [-0.1, -0.05) is 18.2 Å². The smallest absolute Gasteiger partial charge is 0.243 e. The molecule has 4 rings (SSSR count). The molecular weight excluding hydrogens is 378 g/mol. The maximum atomic E-state index is 13.3. The molecule has 0 saturated carbocycles. The van der Waals surface area contributed by atoms with Crippen LogP contribution in [0.2, 0.25) is 0 Å². The average Bonchev–Trinajstić information content (AvgIpc) is 3.15. The number of hydrogen-bond acceptors (Lipinski definition) is 5. The van der Waals surface area contributed by atoms with Crippen LogP contribution in [0, 0.1) is 0 Å².